The number of aromatic nitrogens is 2. The van der Waals surface area contributed by atoms with E-state index in [0.29, 0.717) is 31.3 Å². The number of hydrogen-bond acceptors (Lipinski definition) is 10. The van der Waals surface area contributed by atoms with Gasteiger partial charge in [0, 0.05) is 10.4 Å². The van der Waals surface area contributed by atoms with Gasteiger partial charge in [-0.25, -0.2) is 4.79 Å². The number of carbonyl (C=O) groups is 3. The van der Waals surface area contributed by atoms with Gasteiger partial charge < -0.3 is 14.8 Å². The first kappa shape index (κ1) is 26.1. The number of ether oxygens (including phenoxy) is 2. The highest BCUT2D eigenvalue weighted by Crippen LogP contribution is 2.39. The van der Waals surface area contributed by atoms with E-state index in [-0.39, 0.29) is 18.4 Å². The second-order valence-electron chi connectivity index (χ2n) is 7.94. The molecule has 0 spiro atoms. The average molecular weight is 547 g/mol. The zero-order valence-corrected chi connectivity index (χ0v) is 22.5. The summed E-state index contributed by atoms with van der Waals surface area (Å²) >= 11 is 3.87. The monoisotopic (exact) mass is 546 g/mol. The lowest BCUT2D eigenvalue weighted by Gasteiger charge is -2.13. The SMILES string of the molecule is CCOC(=O)c1c(NC(=O)C(C)Sc2nnc(NC(=O)c3ccc(OC)cc3)s2)sc2c1CCCC2. The van der Waals surface area contributed by atoms with E-state index >= 15 is 0 Å². The second-order valence-corrected chi connectivity index (χ2v) is 11.6. The number of anilines is 2. The predicted octanol–water partition coefficient (Wildman–Crippen LogP) is 5.04. The van der Waals surface area contributed by atoms with Crippen LogP contribution in [0.5, 0.6) is 5.75 Å². The van der Waals surface area contributed by atoms with Crippen molar-refractivity contribution in [1.29, 1.82) is 0 Å². The van der Waals surface area contributed by atoms with Crippen LogP contribution in [0.15, 0.2) is 28.6 Å². The zero-order valence-electron chi connectivity index (χ0n) is 20.1. The quantitative estimate of drug-likeness (QED) is 0.218. The highest BCUT2D eigenvalue weighted by molar-refractivity contribution is 8.02. The molecule has 9 nitrogen and oxygen atoms in total. The Morgan fingerprint density at radius 2 is 1.83 bits per heavy atom. The van der Waals surface area contributed by atoms with Gasteiger partial charge in [-0.05, 0) is 69.4 Å². The van der Waals surface area contributed by atoms with E-state index in [2.05, 4.69) is 20.8 Å². The molecule has 1 aliphatic carbocycles. The van der Waals surface area contributed by atoms with E-state index in [9.17, 15) is 14.4 Å². The van der Waals surface area contributed by atoms with Crippen LogP contribution >= 0.6 is 34.4 Å². The number of methoxy groups -OCH3 is 1. The molecule has 2 aromatic heterocycles. The number of rotatable bonds is 9. The summed E-state index contributed by atoms with van der Waals surface area (Å²) in [7, 11) is 1.56. The lowest BCUT2D eigenvalue weighted by atomic mass is 9.95. The van der Waals surface area contributed by atoms with Crippen LogP contribution in [-0.4, -0.2) is 46.9 Å². The second kappa shape index (κ2) is 11.8. The topological polar surface area (TPSA) is 120 Å². The molecule has 2 amide bonds. The summed E-state index contributed by atoms with van der Waals surface area (Å²) in [4.78, 5) is 39.2. The van der Waals surface area contributed by atoms with Gasteiger partial charge in [0.25, 0.3) is 5.91 Å². The number of nitrogens with one attached hydrogen (secondary N) is 2. The normalized spacial score (nSPS) is 13.4. The van der Waals surface area contributed by atoms with Crippen molar-refractivity contribution in [3.63, 3.8) is 0 Å². The van der Waals surface area contributed by atoms with Crippen molar-refractivity contribution in [2.24, 2.45) is 0 Å². The van der Waals surface area contributed by atoms with Gasteiger partial charge in [0.2, 0.25) is 11.0 Å². The van der Waals surface area contributed by atoms with Crippen molar-refractivity contribution < 1.29 is 23.9 Å². The van der Waals surface area contributed by atoms with Gasteiger partial charge >= 0.3 is 5.97 Å². The fourth-order valence-corrected chi connectivity index (χ4v) is 6.88. The summed E-state index contributed by atoms with van der Waals surface area (Å²) in [5, 5.41) is 14.1. The minimum absolute atomic E-state index is 0.247. The van der Waals surface area contributed by atoms with E-state index in [0.717, 1.165) is 36.1 Å². The van der Waals surface area contributed by atoms with Crippen LogP contribution in [0.4, 0.5) is 10.1 Å². The van der Waals surface area contributed by atoms with Crippen LogP contribution in [0.25, 0.3) is 0 Å². The summed E-state index contributed by atoms with van der Waals surface area (Å²) in [6.07, 6.45) is 3.81. The molecule has 1 unspecified atom stereocenters. The molecule has 12 heteroatoms. The first-order chi connectivity index (χ1) is 17.4. The number of nitrogens with zero attached hydrogens (tertiary/aromatic N) is 2. The highest BCUT2D eigenvalue weighted by Gasteiger charge is 2.28. The van der Waals surface area contributed by atoms with Gasteiger partial charge in [-0.2, -0.15) is 0 Å². The van der Waals surface area contributed by atoms with Crippen molar-refractivity contribution in [2.75, 3.05) is 24.4 Å². The maximum atomic E-state index is 13.0. The number of aryl methyl sites for hydroxylation is 1. The van der Waals surface area contributed by atoms with Gasteiger partial charge in [-0.1, -0.05) is 23.1 Å². The largest absolute Gasteiger partial charge is 0.497 e. The number of fused-ring (bicyclic) bond motifs is 1. The first-order valence-electron chi connectivity index (χ1n) is 11.5. The van der Waals surface area contributed by atoms with Crippen LogP contribution < -0.4 is 15.4 Å². The Labute approximate surface area is 221 Å². The molecule has 1 aromatic carbocycles. The van der Waals surface area contributed by atoms with Crippen molar-refractivity contribution in [3.05, 3.63) is 45.8 Å². The molecule has 0 saturated heterocycles. The molecule has 1 aliphatic rings. The van der Waals surface area contributed by atoms with Crippen LogP contribution in [-0.2, 0) is 22.4 Å². The first-order valence-corrected chi connectivity index (χ1v) is 14.0. The number of amides is 2. The maximum Gasteiger partial charge on any atom is 0.341 e. The third-order valence-electron chi connectivity index (χ3n) is 5.51. The molecule has 0 radical (unpaired) electrons. The van der Waals surface area contributed by atoms with Crippen LogP contribution in [0, 0.1) is 0 Å². The van der Waals surface area contributed by atoms with Crippen molar-refractivity contribution >= 4 is 62.4 Å². The smallest absolute Gasteiger partial charge is 0.341 e. The minimum atomic E-state index is -0.503. The summed E-state index contributed by atoms with van der Waals surface area (Å²) in [5.74, 6) is -0.299. The molecule has 4 rings (SSSR count). The molecule has 2 N–H and O–H groups in total. The molecule has 3 aromatic rings. The number of esters is 1. The van der Waals surface area contributed by atoms with Crippen LogP contribution in [0.3, 0.4) is 0 Å². The molecular formula is C24H26N4O5S3. The molecule has 2 heterocycles. The Kier molecular flexibility index (Phi) is 8.60. The molecule has 0 aliphatic heterocycles. The van der Waals surface area contributed by atoms with Gasteiger partial charge in [0.1, 0.15) is 10.8 Å². The molecule has 190 valence electrons. The highest BCUT2D eigenvalue weighted by atomic mass is 32.2. The van der Waals surface area contributed by atoms with Gasteiger partial charge in [-0.15, -0.1) is 21.5 Å². The molecule has 0 bridgehead atoms. The lowest BCUT2D eigenvalue weighted by molar-refractivity contribution is -0.115. The molecular weight excluding hydrogens is 520 g/mol. The van der Waals surface area contributed by atoms with Crippen LogP contribution in [0.1, 0.15) is 57.8 Å². The summed E-state index contributed by atoms with van der Waals surface area (Å²) < 4.78 is 10.9. The average Bonchev–Trinajstić information content (AvgIpc) is 3.47. The fourth-order valence-electron chi connectivity index (χ4n) is 3.71. The summed E-state index contributed by atoms with van der Waals surface area (Å²) in [6.45, 7) is 3.80. The number of carbonyl (C=O) groups excluding carboxylic acids is 3. The Balaban J connectivity index is 1.39. The Morgan fingerprint density at radius 3 is 2.56 bits per heavy atom. The van der Waals surface area contributed by atoms with Gasteiger partial charge in [-0.3, -0.25) is 14.9 Å². The number of thioether (sulfide) groups is 1. The Hall–Kier alpha value is -2.96. The Morgan fingerprint density at radius 1 is 1.08 bits per heavy atom. The molecule has 0 fully saturated rings. The lowest BCUT2D eigenvalue weighted by Crippen LogP contribution is -2.23. The molecule has 0 saturated carbocycles. The third kappa shape index (κ3) is 6.05. The predicted molar refractivity (Wildman–Crippen MR) is 142 cm³/mol. The maximum absolute atomic E-state index is 13.0. The van der Waals surface area contributed by atoms with Crippen molar-refractivity contribution in [2.45, 2.75) is 49.1 Å². The number of thiophene rings is 1. The summed E-state index contributed by atoms with van der Waals surface area (Å²) in [5.41, 5.74) is 1.95. The summed E-state index contributed by atoms with van der Waals surface area (Å²) in [6, 6.07) is 6.72. The zero-order chi connectivity index (χ0) is 25.7. The third-order valence-corrected chi connectivity index (χ3v) is 8.74. The number of benzene rings is 1. The van der Waals surface area contributed by atoms with Gasteiger partial charge in [0.05, 0.1) is 24.5 Å². The Bertz CT molecular complexity index is 1260. The van der Waals surface area contributed by atoms with E-state index < -0.39 is 11.2 Å². The van der Waals surface area contributed by atoms with E-state index in [1.165, 1.54) is 34.4 Å². The minimum Gasteiger partial charge on any atom is -0.497 e. The molecule has 1 atom stereocenters. The van der Waals surface area contributed by atoms with Gasteiger partial charge in [0.15, 0.2) is 4.34 Å². The number of hydrogen-bond donors (Lipinski definition) is 2. The van der Waals surface area contributed by atoms with Crippen molar-refractivity contribution in [3.8, 4) is 5.75 Å². The standard InChI is InChI=1S/C24H26N4O5S3/c1-4-33-22(31)18-16-7-5-6-8-17(16)35-21(18)25-19(29)13(2)34-24-28-27-23(36-24)26-20(30)14-9-11-15(32-3)12-10-14/h9-13H,4-8H2,1-3H3,(H,25,29)(H,26,27,30). The van der Waals surface area contributed by atoms with E-state index in [1.54, 1.807) is 45.2 Å². The van der Waals surface area contributed by atoms with Crippen LogP contribution in [0.2, 0.25) is 0 Å². The van der Waals surface area contributed by atoms with E-state index in [1.807, 2.05) is 0 Å². The van der Waals surface area contributed by atoms with Crippen molar-refractivity contribution in [1.82, 2.24) is 10.2 Å². The van der Waals surface area contributed by atoms with E-state index in [4.69, 9.17) is 9.47 Å². The molecule has 36 heavy (non-hydrogen) atoms. The fraction of sp³-hybridized carbons (Fsp3) is 0.375.